The van der Waals surface area contributed by atoms with Crippen LogP contribution in [0.3, 0.4) is 0 Å². The van der Waals surface area contributed by atoms with Gasteiger partial charge in [0, 0.05) is 17.8 Å². The standard InChI is InChI=1S/C18H14ClF2N3O4S/c1-28-11-5-6-13(19)17(7-11)29(26,27)23-18(25)16-9-24(10-22-16)8-12-14(20)3-2-4-15(12)21/h2-7,9-10H,8H2,1H3,(H,23,25). The maximum atomic E-state index is 13.8. The highest BCUT2D eigenvalue weighted by atomic mass is 35.5. The van der Waals surface area contributed by atoms with Gasteiger partial charge in [-0.05, 0) is 24.3 Å². The second-order valence-electron chi connectivity index (χ2n) is 5.86. The molecule has 7 nitrogen and oxygen atoms in total. The third kappa shape index (κ3) is 4.54. The number of imidazole rings is 1. The average Bonchev–Trinajstić information content (AvgIpc) is 3.14. The highest BCUT2D eigenvalue weighted by molar-refractivity contribution is 7.90. The minimum absolute atomic E-state index is 0.105. The molecule has 0 unspecified atom stereocenters. The van der Waals surface area contributed by atoms with Crippen LogP contribution in [0.25, 0.3) is 0 Å². The molecular weight excluding hydrogens is 428 g/mol. The van der Waals surface area contributed by atoms with E-state index in [1.54, 1.807) is 0 Å². The van der Waals surface area contributed by atoms with Gasteiger partial charge in [-0.2, -0.15) is 0 Å². The molecular formula is C18H14ClF2N3O4S. The minimum atomic E-state index is -4.31. The third-order valence-corrected chi connectivity index (χ3v) is 5.74. The molecule has 3 rings (SSSR count). The van der Waals surface area contributed by atoms with Gasteiger partial charge < -0.3 is 9.30 Å². The Morgan fingerprint density at radius 3 is 2.59 bits per heavy atom. The number of nitrogens with one attached hydrogen (secondary N) is 1. The van der Waals surface area contributed by atoms with Crippen molar-refractivity contribution >= 4 is 27.5 Å². The van der Waals surface area contributed by atoms with Crippen LogP contribution in [0.1, 0.15) is 16.1 Å². The minimum Gasteiger partial charge on any atom is -0.497 e. The van der Waals surface area contributed by atoms with Crippen LogP contribution in [0.5, 0.6) is 5.75 Å². The summed E-state index contributed by atoms with van der Waals surface area (Å²) in [4.78, 5) is 15.8. The Kier molecular flexibility index (Phi) is 5.85. The number of ether oxygens (including phenoxy) is 1. The third-order valence-electron chi connectivity index (χ3n) is 3.92. The van der Waals surface area contributed by atoms with E-state index >= 15 is 0 Å². The van der Waals surface area contributed by atoms with Gasteiger partial charge in [0.15, 0.2) is 0 Å². The predicted octanol–water partition coefficient (Wildman–Crippen LogP) is 2.99. The Labute approximate surface area is 169 Å². The molecule has 1 heterocycles. The van der Waals surface area contributed by atoms with Crippen LogP contribution < -0.4 is 9.46 Å². The van der Waals surface area contributed by atoms with Crippen molar-refractivity contribution < 1.29 is 26.7 Å². The zero-order valence-electron chi connectivity index (χ0n) is 14.9. The van der Waals surface area contributed by atoms with Gasteiger partial charge >= 0.3 is 0 Å². The molecule has 1 N–H and O–H groups in total. The fourth-order valence-corrected chi connectivity index (χ4v) is 3.95. The summed E-state index contributed by atoms with van der Waals surface area (Å²) in [7, 11) is -2.96. The first-order chi connectivity index (χ1) is 13.7. The molecule has 0 aliphatic carbocycles. The molecule has 1 amide bonds. The van der Waals surface area contributed by atoms with E-state index in [-0.39, 0.29) is 33.5 Å². The first-order valence-corrected chi connectivity index (χ1v) is 9.92. The van der Waals surface area contributed by atoms with Gasteiger partial charge in [0.25, 0.3) is 15.9 Å². The molecule has 0 aliphatic heterocycles. The van der Waals surface area contributed by atoms with Gasteiger partial charge in [0.2, 0.25) is 0 Å². The van der Waals surface area contributed by atoms with Gasteiger partial charge in [0.1, 0.15) is 28.0 Å². The fraction of sp³-hybridized carbons (Fsp3) is 0.111. The van der Waals surface area contributed by atoms with Crippen molar-refractivity contribution in [3.05, 3.63) is 76.8 Å². The summed E-state index contributed by atoms with van der Waals surface area (Å²) < 4.78 is 60.5. The van der Waals surface area contributed by atoms with Crippen molar-refractivity contribution in [1.29, 1.82) is 0 Å². The molecule has 1 aromatic heterocycles. The number of rotatable bonds is 6. The fourth-order valence-electron chi connectivity index (χ4n) is 2.48. The number of carbonyl (C=O) groups is 1. The number of carbonyl (C=O) groups excluding carboxylic acids is 1. The number of hydrogen-bond donors (Lipinski definition) is 1. The predicted molar refractivity (Wildman–Crippen MR) is 100 cm³/mol. The SMILES string of the molecule is COc1ccc(Cl)c(S(=O)(=O)NC(=O)c2cn(Cc3c(F)cccc3F)cn2)c1. The molecule has 11 heteroatoms. The summed E-state index contributed by atoms with van der Waals surface area (Å²) in [6, 6.07) is 7.39. The summed E-state index contributed by atoms with van der Waals surface area (Å²) >= 11 is 5.91. The Morgan fingerprint density at radius 2 is 1.93 bits per heavy atom. The van der Waals surface area contributed by atoms with Crippen LogP contribution in [0.4, 0.5) is 8.78 Å². The van der Waals surface area contributed by atoms with E-state index < -0.39 is 27.6 Å². The number of methoxy groups -OCH3 is 1. The van der Waals surface area contributed by atoms with Crippen molar-refractivity contribution in [2.45, 2.75) is 11.4 Å². The average molecular weight is 442 g/mol. The Hall–Kier alpha value is -2.98. The first-order valence-electron chi connectivity index (χ1n) is 8.06. The lowest BCUT2D eigenvalue weighted by atomic mass is 10.2. The number of benzene rings is 2. The first kappa shape index (κ1) is 20.7. The van der Waals surface area contributed by atoms with E-state index in [1.165, 1.54) is 36.1 Å². The number of halogens is 3. The van der Waals surface area contributed by atoms with Gasteiger partial charge in [-0.3, -0.25) is 4.79 Å². The van der Waals surface area contributed by atoms with Crippen molar-refractivity contribution in [2.75, 3.05) is 7.11 Å². The molecule has 0 aliphatic rings. The van der Waals surface area contributed by atoms with Gasteiger partial charge in [-0.1, -0.05) is 17.7 Å². The van der Waals surface area contributed by atoms with Crippen LogP contribution in [-0.2, 0) is 16.6 Å². The van der Waals surface area contributed by atoms with E-state index in [9.17, 15) is 22.0 Å². The van der Waals surface area contributed by atoms with Crippen LogP contribution in [0.2, 0.25) is 5.02 Å². The highest BCUT2D eigenvalue weighted by Crippen LogP contribution is 2.26. The monoisotopic (exact) mass is 441 g/mol. The molecule has 0 saturated carbocycles. The van der Waals surface area contributed by atoms with E-state index in [2.05, 4.69) is 4.98 Å². The molecule has 0 saturated heterocycles. The topological polar surface area (TPSA) is 90.3 Å². The van der Waals surface area contributed by atoms with Crippen molar-refractivity contribution in [2.24, 2.45) is 0 Å². The maximum Gasteiger partial charge on any atom is 0.285 e. The molecule has 152 valence electrons. The summed E-state index contributed by atoms with van der Waals surface area (Å²) in [5.74, 6) is -2.30. The lowest BCUT2D eigenvalue weighted by molar-refractivity contribution is 0.0977. The smallest absolute Gasteiger partial charge is 0.285 e. The number of sulfonamides is 1. The van der Waals surface area contributed by atoms with Crippen LogP contribution >= 0.6 is 11.6 Å². The van der Waals surface area contributed by atoms with Crippen LogP contribution in [-0.4, -0.2) is 31.0 Å². The lowest BCUT2D eigenvalue weighted by Gasteiger charge is -2.09. The zero-order valence-corrected chi connectivity index (χ0v) is 16.5. The van der Waals surface area contributed by atoms with E-state index in [0.29, 0.717) is 0 Å². The second kappa shape index (κ2) is 8.18. The Balaban J connectivity index is 1.80. The van der Waals surface area contributed by atoms with E-state index in [4.69, 9.17) is 16.3 Å². The molecule has 0 fully saturated rings. The largest absolute Gasteiger partial charge is 0.497 e. The van der Waals surface area contributed by atoms with Gasteiger partial charge in [-0.25, -0.2) is 26.9 Å². The van der Waals surface area contributed by atoms with Gasteiger partial charge in [0.05, 0.1) is 25.0 Å². The Morgan fingerprint density at radius 1 is 1.24 bits per heavy atom. The summed E-state index contributed by atoms with van der Waals surface area (Å²) in [6.07, 6.45) is 2.33. The lowest BCUT2D eigenvalue weighted by Crippen LogP contribution is -2.31. The van der Waals surface area contributed by atoms with Crippen LogP contribution in [0.15, 0.2) is 53.8 Å². The second-order valence-corrected chi connectivity index (χ2v) is 7.92. The number of aromatic nitrogens is 2. The summed E-state index contributed by atoms with van der Waals surface area (Å²) in [6.45, 7) is -0.229. The summed E-state index contributed by atoms with van der Waals surface area (Å²) in [5.41, 5.74) is -0.475. The molecule has 0 radical (unpaired) electrons. The van der Waals surface area contributed by atoms with Crippen molar-refractivity contribution in [1.82, 2.24) is 14.3 Å². The molecule has 29 heavy (non-hydrogen) atoms. The normalized spacial score (nSPS) is 11.3. The maximum absolute atomic E-state index is 13.8. The number of amides is 1. The molecule has 2 aromatic carbocycles. The quantitative estimate of drug-likeness (QED) is 0.635. The van der Waals surface area contributed by atoms with Gasteiger partial charge in [-0.15, -0.1) is 0 Å². The number of nitrogens with zero attached hydrogens (tertiary/aromatic N) is 2. The van der Waals surface area contributed by atoms with Crippen molar-refractivity contribution in [3.63, 3.8) is 0 Å². The highest BCUT2D eigenvalue weighted by Gasteiger charge is 2.23. The molecule has 0 atom stereocenters. The molecule has 0 spiro atoms. The molecule has 0 bridgehead atoms. The van der Waals surface area contributed by atoms with E-state index in [0.717, 1.165) is 24.5 Å². The zero-order chi connectivity index (χ0) is 21.2. The Bertz CT molecular complexity index is 1160. The number of hydrogen-bond acceptors (Lipinski definition) is 5. The summed E-state index contributed by atoms with van der Waals surface area (Å²) in [5, 5.41) is -0.105. The van der Waals surface area contributed by atoms with Crippen molar-refractivity contribution in [3.8, 4) is 5.75 Å². The van der Waals surface area contributed by atoms with E-state index in [1.807, 2.05) is 4.72 Å². The van der Waals surface area contributed by atoms with Crippen LogP contribution in [0, 0.1) is 11.6 Å². The molecule has 3 aromatic rings.